The molecule has 0 atom stereocenters. The Bertz CT molecular complexity index is 606. The summed E-state index contributed by atoms with van der Waals surface area (Å²) in [6.07, 6.45) is 15.1. The van der Waals surface area contributed by atoms with E-state index in [1.807, 2.05) is 0 Å². The van der Waals surface area contributed by atoms with Gasteiger partial charge in [-0.1, -0.05) is 89.2 Å². The second kappa shape index (κ2) is 13.4. The third kappa shape index (κ3) is 9.79. The zero-order valence-corrected chi connectivity index (χ0v) is 17.7. The highest BCUT2D eigenvalue weighted by molar-refractivity contribution is 7.89. The zero-order valence-electron chi connectivity index (χ0n) is 16.1. The predicted octanol–water partition coefficient (Wildman–Crippen LogP) is 5.90. The van der Waals surface area contributed by atoms with Crippen molar-refractivity contribution in [2.24, 2.45) is 0 Å². The molecule has 4 nitrogen and oxygen atoms in total. The Morgan fingerprint density at radius 2 is 1.38 bits per heavy atom. The summed E-state index contributed by atoms with van der Waals surface area (Å²) in [7, 11) is -3.50. The molecule has 0 fully saturated rings. The van der Waals surface area contributed by atoms with E-state index in [2.05, 4.69) is 11.6 Å². The van der Waals surface area contributed by atoms with Crippen LogP contribution < -0.4 is 10.5 Å². The smallest absolute Gasteiger partial charge is 0.240 e. The van der Waals surface area contributed by atoms with Gasteiger partial charge >= 0.3 is 0 Å². The van der Waals surface area contributed by atoms with Gasteiger partial charge in [0.2, 0.25) is 10.0 Å². The van der Waals surface area contributed by atoms with Gasteiger partial charge in [0.15, 0.2) is 0 Å². The fourth-order valence-electron chi connectivity index (χ4n) is 2.94. The first-order chi connectivity index (χ1) is 12.5. The van der Waals surface area contributed by atoms with Crippen LogP contribution in [-0.4, -0.2) is 15.0 Å². The number of halogens is 1. The molecule has 0 bridgehead atoms. The summed E-state index contributed by atoms with van der Waals surface area (Å²) in [5.74, 6) is 0. The van der Waals surface area contributed by atoms with Crippen LogP contribution in [0.4, 0.5) is 5.69 Å². The van der Waals surface area contributed by atoms with Gasteiger partial charge < -0.3 is 5.73 Å². The second-order valence-electron chi connectivity index (χ2n) is 6.97. The van der Waals surface area contributed by atoms with Crippen LogP contribution in [0.5, 0.6) is 0 Å². The lowest BCUT2D eigenvalue weighted by Crippen LogP contribution is -2.24. The van der Waals surface area contributed by atoms with Gasteiger partial charge in [-0.25, -0.2) is 13.1 Å². The summed E-state index contributed by atoms with van der Waals surface area (Å²) in [4.78, 5) is 0.165. The minimum Gasteiger partial charge on any atom is -0.397 e. The minimum absolute atomic E-state index is 0.165. The van der Waals surface area contributed by atoms with Crippen molar-refractivity contribution in [2.45, 2.75) is 88.9 Å². The van der Waals surface area contributed by atoms with Gasteiger partial charge in [-0.15, -0.1) is 0 Å². The van der Waals surface area contributed by atoms with Gasteiger partial charge in [0.05, 0.1) is 15.6 Å². The SMILES string of the molecule is CCCCCCCCCCCCCCNS(=O)(=O)c1ccc(Cl)c(N)c1. The Balaban J connectivity index is 2.04. The summed E-state index contributed by atoms with van der Waals surface area (Å²) < 4.78 is 27.0. The lowest BCUT2D eigenvalue weighted by molar-refractivity contribution is 0.540. The van der Waals surface area contributed by atoms with Crippen molar-refractivity contribution in [1.29, 1.82) is 0 Å². The molecule has 0 radical (unpaired) electrons. The molecule has 0 aliphatic carbocycles. The van der Waals surface area contributed by atoms with Crippen molar-refractivity contribution in [3.63, 3.8) is 0 Å². The van der Waals surface area contributed by atoms with E-state index in [1.54, 1.807) is 0 Å². The Labute approximate surface area is 164 Å². The first-order valence-corrected chi connectivity index (χ1v) is 11.9. The Hall–Kier alpha value is -0.780. The molecule has 6 heteroatoms. The number of nitrogen functional groups attached to an aromatic ring is 1. The highest BCUT2D eigenvalue weighted by Crippen LogP contribution is 2.22. The van der Waals surface area contributed by atoms with Gasteiger partial charge in [0, 0.05) is 6.54 Å². The van der Waals surface area contributed by atoms with Gasteiger partial charge in [0.1, 0.15) is 0 Å². The van der Waals surface area contributed by atoms with Crippen molar-refractivity contribution in [3.8, 4) is 0 Å². The molecule has 1 aromatic carbocycles. The number of nitrogens with one attached hydrogen (secondary N) is 1. The van der Waals surface area contributed by atoms with E-state index in [9.17, 15) is 8.42 Å². The normalized spacial score (nSPS) is 11.8. The maximum absolute atomic E-state index is 12.2. The number of sulfonamides is 1. The van der Waals surface area contributed by atoms with Crippen molar-refractivity contribution in [2.75, 3.05) is 12.3 Å². The standard InChI is InChI=1S/C20H35ClN2O2S/c1-2-3-4-5-6-7-8-9-10-11-12-13-16-23-26(24,25)18-14-15-19(21)20(22)17-18/h14-15,17,23H,2-13,16,22H2,1H3. The van der Waals surface area contributed by atoms with Crippen LogP contribution >= 0.6 is 11.6 Å². The maximum atomic E-state index is 12.2. The number of benzene rings is 1. The number of anilines is 1. The number of unbranched alkanes of at least 4 members (excludes halogenated alkanes) is 11. The quantitative estimate of drug-likeness (QED) is 0.283. The molecule has 26 heavy (non-hydrogen) atoms. The molecular formula is C20H35ClN2O2S. The Morgan fingerprint density at radius 3 is 1.88 bits per heavy atom. The molecule has 0 saturated heterocycles. The third-order valence-electron chi connectivity index (χ3n) is 4.60. The maximum Gasteiger partial charge on any atom is 0.240 e. The average molecular weight is 403 g/mol. The first-order valence-electron chi connectivity index (χ1n) is 10.0. The Kier molecular flexibility index (Phi) is 12.0. The van der Waals surface area contributed by atoms with Crippen LogP contribution in [0.15, 0.2) is 23.1 Å². The van der Waals surface area contributed by atoms with E-state index in [0.717, 1.165) is 12.8 Å². The van der Waals surface area contributed by atoms with Crippen molar-refractivity contribution in [1.82, 2.24) is 4.72 Å². The largest absolute Gasteiger partial charge is 0.397 e. The van der Waals surface area contributed by atoms with Crippen LogP contribution in [0.1, 0.15) is 84.0 Å². The summed E-state index contributed by atoms with van der Waals surface area (Å²) in [5.41, 5.74) is 5.95. The summed E-state index contributed by atoms with van der Waals surface area (Å²) in [6, 6.07) is 4.38. The van der Waals surface area contributed by atoms with Gasteiger partial charge in [-0.05, 0) is 24.6 Å². The van der Waals surface area contributed by atoms with Crippen LogP contribution in [0.3, 0.4) is 0 Å². The molecule has 1 aromatic rings. The highest BCUT2D eigenvalue weighted by Gasteiger charge is 2.14. The van der Waals surface area contributed by atoms with Crippen molar-refractivity contribution >= 4 is 27.3 Å². The third-order valence-corrected chi connectivity index (χ3v) is 6.40. The minimum atomic E-state index is -3.50. The van der Waals surface area contributed by atoms with E-state index in [0.29, 0.717) is 11.6 Å². The monoisotopic (exact) mass is 402 g/mol. The van der Waals surface area contributed by atoms with Gasteiger partial charge in [0.25, 0.3) is 0 Å². The van der Waals surface area contributed by atoms with Crippen LogP contribution in [0, 0.1) is 0 Å². The molecule has 0 aromatic heterocycles. The fraction of sp³-hybridized carbons (Fsp3) is 0.700. The van der Waals surface area contributed by atoms with E-state index < -0.39 is 10.0 Å². The molecule has 0 unspecified atom stereocenters. The van der Waals surface area contributed by atoms with E-state index in [4.69, 9.17) is 17.3 Å². The van der Waals surface area contributed by atoms with Gasteiger partial charge in [-0.3, -0.25) is 0 Å². The second-order valence-corrected chi connectivity index (χ2v) is 9.14. The number of nitrogens with two attached hydrogens (primary N) is 1. The summed E-state index contributed by atoms with van der Waals surface area (Å²) in [6.45, 7) is 2.71. The van der Waals surface area contributed by atoms with Crippen LogP contribution in [0.2, 0.25) is 5.02 Å². The van der Waals surface area contributed by atoms with Crippen LogP contribution in [-0.2, 0) is 10.0 Å². The molecule has 150 valence electrons. The highest BCUT2D eigenvalue weighted by atomic mass is 35.5. The number of hydrogen-bond donors (Lipinski definition) is 2. The van der Waals surface area contributed by atoms with Crippen LogP contribution in [0.25, 0.3) is 0 Å². The molecule has 0 amide bonds. The van der Waals surface area contributed by atoms with E-state index in [1.165, 1.54) is 82.4 Å². The number of hydrogen-bond acceptors (Lipinski definition) is 3. The first kappa shape index (κ1) is 23.3. The van der Waals surface area contributed by atoms with E-state index >= 15 is 0 Å². The average Bonchev–Trinajstić information content (AvgIpc) is 2.61. The molecule has 1 rings (SSSR count). The lowest BCUT2D eigenvalue weighted by atomic mass is 10.1. The molecule has 0 heterocycles. The summed E-state index contributed by atoms with van der Waals surface area (Å²) in [5, 5.41) is 0.366. The molecule has 0 aliphatic heterocycles. The topological polar surface area (TPSA) is 72.2 Å². The number of rotatable bonds is 15. The van der Waals surface area contributed by atoms with Gasteiger partial charge in [-0.2, -0.15) is 0 Å². The molecule has 0 aliphatic rings. The van der Waals surface area contributed by atoms with Crippen molar-refractivity contribution in [3.05, 3.63) is 23.2 Å². The lowest BCUT2D eigenvalue weighted by Gasteiger charge is -2.08. The van der Waals surface area contributed by atoms with Crippen molar-refractivity contribution < 1.29 is 8.42 Å². The Morgan fingerprint density at radius 1 is 0.885 bits per heavy atom. The summed E-state index contributed by atoms with van der Waals surface area (Å²) >= 11 is 5.83. The van der Waals surface area contributed by atoms with E-state index in [-0.39, 0.29) is 10.6 Å². The zero-order chi connectivity index (χ0) is 19.3. The molecule has 0 spiro atoms. The molecule has 0 saturated carbocycles. The molecular weight excluding hydrogens is 368 g/mol. The predicted molar refractivity (Wildman–Crippen MR) is 112 cm³/mol. The fourth-order valence-corrected chi connectivity index (χ4v) is 4.17. The molecule has 3 N–H and O–H groups in total.